The Kier molecular flexibility index (Phi) is 12.2. The Morgan fingerprint density at radius 3 is 2.07 bits per heavy atom. The van der Waals surface area contributed by atoms with Crippen molar-refractivity contribution >= 4 is 35.8 Å². The van der Waals surface area contributed by atoms with Crippen LogP contribution >= 0.6 is 24.0 Å². The number of amides is 1. The molecular formula is C19H30F3IN4O2. The minimum Gasteiger partial charge on any atom is -0.367 e. The van der Waals surface area contributed by atoms with Gasteiger partial charge in [-0.1, -0.05) is 45.0 Å². The van der Waals surface area contributed by atoms with E-state index in [1.165, 1.54) is 0 Å². The molecule has 0 aliphatic rings. The molecule has 3 N–H and O–H groups in total. The molecule has 1 aromatic carbocycles. The molecule has 166 valence electrons. The quantitative estimate of drug-likeness (QED) is 0.209. The molecule has 0 saturated heterocycles. The van der Waals surface area contributed by atoms with Gasteiger partial charge in [-0.2, -0.15) is 13.2 Å². The van der Waals surface area contributed by atoms with Crippen LogP contribution in [0.5, 0.6) is 0 Å². The third kappa shape index (κ3) is 12.6. The van der Waals surface area contributed by atoms with Crippen LogP contribution in [-0.4, -0.2) is 44.8 Å². The largest absolute Gasteiger partial charge is 0.411 e. The maximum atomic E-state index is 12.1. The van der Waals surface area contributed by atoms with Crippen LogP contribution in [0.4, 0.5) is 13.2 Å². The Bertz CT molecular complexity index is 644. The normalized spacial score (nSPS) is 12.2. The molecule has 10 heteroatoms. The Morgan fingerprint density at radius 1 is 1.00 bits per heavy atom. The third-order valence-corrected chi connectivity index (χ3v) is 3.63. The van der Waals surface area contributed by atoms with E-state index in [-0.39, 0.29) is 36.5 Å². The van der Waals surface area contributed by atoms with Crippen LogP contribution in [0.1, 0.15) is 31.9 Å². The average molecular weight is 530 g/mol. The van der Waals surface area contributed by atoms with Crippen LogP contribution in [0, 0.1) is 5.41 Å². The van der Waals surface area contributed by atoms with Gasteiger partial charge in [-0.05, 0) is 11.1 Å². The molecule has 1 rings (SSSR count). The Labute approximate surface area is 187 Å². The molecule has 6 nitrogen and oxygen atoms in total. The van der Waals surface area contributed by atoms with Crippen LogP contribution in [0.2, 0.25) is 0 Å². The van der Waals surface area contributed by atoms with Crippen molar-refractivity contribution < 1.29 is 22.7 Å². The van der Waals surface area contributed by atoms with Crippen LogP contribution in [0.3, 0.4) is 0 Å². The fourth-order valence-corrected chi connectivity index (χ4v) is 2.07. The van der Waals surface area contributed by atoms with E-state index < -0.39 is 18.2 Å². The van der Waals surface area contributed by atoms with Crippen molar-refractivity contribution in [3.8, 4) is 0 Å². The predicted molar refractivity (Wildman–Crippen MR) is 118 cm³/mol. The first-order chi connectivity index (χ1) is 13.0. The summed E-state index contributed by atoms with van der Waals surface area (Å²) in [6, 6.07) is 7.09. The summed E-state index contributed by atoms with van der Waals surface area (Å²) in [5.74, 6) is 0.569. The van der Waals surface area contributed by atoms with Gasteiger partial charge in [0, 0.05) is 32.1 Å². The van der Waals surface area contributed by atoms with Crippen LogP contribution in [0.15, 0.2) is 29.3 Å². The molecule has 0 aromatic heterocycles. The number of carbonyl (C=O) groups excluding carboxylic acids is 1. The number of carbonyl (C=O) groups is 1. The van der Waals surface area contributed by atoms with Crippen molar-refractivity contribution in [2.24, 2.45) is 10.4 Å². The van der Waals surface area contributed by atoms with E-state index in [9.17, 15) is 18.0 Å². The first-order valence-electron chi connectivity index (χ1n) is 8.96. The average Bonchev–Trinajstić information content (AvgIpc) is 2.60. The monoisotopic (exact) mass is 530 g/mol. The number of ether oxygens (including phenoxy) is 1. The van der Waals surface area contributed by atoms with Crippen LogP contribution in [-0.2, 0) is 22.7 Å². The maximum absolute atomic E-state index is 12.1. The van der Waals surface area contributed by atoms with Crippen LogP contribution < -0.4 is 16.0 Å². The highest BCUT2D eigenvalue weighted by molar-refractivity contribution is 14.0. The minimum atomic E-state index is -4.32. The van der Waals surface area contributed by atoms with Gasteiger partial charge in [0.1, 0.15) is 6.61 Å². The van der Waals surface area contributed by atoms with Gasteiger partial charge < -0.3 is 20.7 Å². The summed E-state index contributed by atoms with van der Waals surface area (Å²) in [7, 11) is 1.64. The molecule has 0 fully saturated rings. The van der Waals surface area contributed by atoms with Crippen molar-refractivity contribution in [3.05, 3.63) is 35.4 Å². The molecule has 0 unspecified atom stereocenters. The highest BCUT2D eigenvalue weighted by Gasteiger charge is 2.27. The predicted octanol–water partition coefficient (Wildman–Crippen LogP) is 3.21. The number of rotatable bonds is 8. The molecule has 0 heterocycles. The van der Waals surface area contributed by atoms with Gasteiger partial charge in [-0.15, -0.1) is 24.0 Å². The van der Waals surface area contributed by atoms with Gasteiger partial charge in [0.25, 0.3) is 0 Å². The zero-order chi connectivity index (χ0) is 21.2. The molecule has 1 aromatic rings. The van der Waals surface area contributed by atoms with E-state index in [0.717, 1.165) is 5.56 Å². The van der Waals surface area contributed by atoms with Crippen molar-refractivity contribution in [2.45, 2.75) is 40.1 Å². The molecule has 0 aliphatic heterocycles. The lowest BCUT2D eigenvalue weighted by atomic mass is 9.96. The summed E-state index contributed by atoms with van der Waals surface area (Å²) >= 11 is 0. The Hall–Kier alpha value is -1.56. The van der Waals surface area contributed by atoms with E-state index in [2.05, 4.69) is 25.7 Å². The molecular weight excluding hydrogens is 500 g/mol. The highest BCUT2D eigenvalue weighted by Crippen LogP contribution is 2.16. The lowest BCUT2D eigenvalue weighted by molar-refractivity contribution is -0.176. The van der Waals surface area contributed by atoms with Crippen molar-refractivity contribution in [1.29, 1.82) is 0 Å². The number of nitrogens with one attached hydrogen (secondary N) is 3. The summed E-state index contributed by atoms with van der Waals surface area (Å²) in [5.41, 5.74) is 1.19. The first-order valence-corrected chi connectivity index (χ1v) is 8.96. The number of guanidine groups is 1. The third-order valence-electron chi connectivity index (χ3n) is 3.63. The summed E-state index contributed by atoms with van der Waals surface area (Å²) in [5, 5.41) is 9.07. The van der Waals surface area contributed by atoms with Crippen molar-refractivity contribution in [1.82, 2.24) is 16.0 Å². The smallest absolute Gasteiger partial charge is 0.367 e. The summed E-state index contributed by atoms with van der Waals surface area (Å²) in [4.78, 5) is 15.9. The number of hydrogen-bond acceptors (Lipinski definition) is 3. The first kappa shape index (κ1) is 27.4. The van der Waals surface area contributed by atoms with Crippen molar-refractivity contribution in [2.75, 3.05) is 26.7 Å². The number of hydrogen-bond donors (Lipinski definition) is 3. The number of halogens is 4. The number of aliphatic imine (C=N–C) groups is 1. The molecule has 0 radical (unpaired) electrons. The zero-order valence-electron chi connectivity index (χ0n) is 17.2. The minimum absolute atomic E-state index is 0. The summed E-state index contributed by atoms with van der Waals surface area (Å²) < 4.78 is 40.8. The van der Waals surface area contributed by atoms with E-state index in [0.29, 0.717) is 31.2 Å². The van der Waals surface area contributed by atoms with Crippen molar-refractivity contribution in [3.63, 3.8) is 0 Å². The molecule has 0 bridgehead atoms. The maximum Gasteiger partial charge on any atom is 0.411 e. The second-order valence-corrected chi connectivity index (χ2v) is 7.28. The molecule has 0 spiro atoms. The molecule has 29 heavy (non-hydrogen) atoms. The SMILES string of the molecule is CN=C(NCCNC(=O)C(C)(C)C)NCc1ccc(COCC(F)(F)F)cc1.I. The summed E-state index contributed by atoms with van der Waals surface area (Å²) in [6.45, 7) is 5.71. The van der Waals surface area contributed by atoms with Crippen LogP contribution in [0.25, 0.3) is 0 Å². The zero-order valence-corrected chi connectivity index (χ0v) is 19.5. The second kappa shape index (κ2) is 12.9. The van der Waals surface area contributed by atoms with Gasteiger partial charge in [0.2, 0.25) is 5.91 Å². The van der Waals surface area contributed by atoms with Gasteiger partial charge in [-0.25, -0.2) is 0 Å². The Balaban J connectivity index is 0.00000784. The number of alkyl halides is 3. The van der Waals surface area contributed by atoms with Gasteiger partial charge in [0.05, 0.1) is 6.61 Å². The van der Waals surface area contributed by atoms with E-state index in [4.69, 9.17) is 0 Å². The highest BCUT2D eigenvalue weighted by atomic mass is 127. The lowest BCUT2D eigenvalue weighted by Gasteiger charge is -2.18. The Morgan fingerprint density at radius 2 is 1.55 bits per heavy atom. The van der Waals surface area contributed by atoms with E-state index in [1.807, 2.05) is 32.9 Å². The topological polar surface area (TPSA) is 74.8 Å². The molecule has 0 aliphatic carbocycles. The number of benzene rings is 1. The summed E-state index contributed by atoms with van der Waals surface area (Å²) in [6.07, 6.45) is -4.32. The second-order valence-electron chi connectivity index (χ2n) is 7.28. The number of nitrogens with zero attached hydrogens (tertiary/aromatic N) is 1. The van der Waals surface area contributed by atoms with E-state index >= 15 is 0 Å². The van der Waals surface area contributed by atoms with E-state index in [1.54, 1.807) is 19.2 Å². The fraction of sp³-hybridized carbons (Fsp3) is 0.579. The molecule has 1 amide bonds. The van der Waals surface area contributed by atoms with Gasteiger partial charge >= 0.3 is 6.18 Å². The fourth-order valence-electron chi connectivity index (χ4n) is 2.07. The molecule has 0 saturated carbocycles. The van der Waals surface area contributed by atoms with Gasteiger partial charge in [-0.3, -0.25) is 9.79 Å². The molecule has 0 atom stereocenters. The van der Waals surface area contributed by atoms with Gasteiger partial charge in [0.15, 0.2) is 5.96 Å². The standard InChI is InChI=1S/C19H29F3N4O2.HI/c1-18(2,3)16(27)24-9-10-25-17(23-4)26-11-14-5-7-15(8-6-14)12-28-13-19(20,21)22;/h5-8H,9-13H2,1-4H3,(H,24,27)(H2,23,25,26);1H. The lowest BCUT2D eigenvalue weighted by Crippen LogP contribution is -2.43.